The van der Waals surface area contributed by atoms with Crippen molar-refractivity contribution in [2.45, 2.75) is 44.9 Å². The summed E-state index contributed by atoms with van der Waals surface area (Å²) in [5.41, 5.74) is 0.805. The van der Waals surface area contributed by atoms with Gasteiger partial charge in [-0.1, -0.05) is 11.6 Å². The zero-order valence-corrected chi connectivity index (χ0v) is 11.6. The highest BCUT2D eigenvalue weighted by Gasteiger charge is 2.28. The van der Waals surface area contributed by atoms with Crippen molar-refractivity contribution in [3.63, 3.8) is 0 Å². The molecule has 1 aliphatic heterocycles. The second kappa shape index (κ2) is 5.55. The number of hydrogen-bond acceptors (Lipinski definition) is 2. The van der Waals surface area contributed by atoms with E-state index < -0.39 is 0 Å². The standard InChI is InChI=1S/C14H19ClFNO/c1-14(2)8-13(3-4-18-14)17-9-10-5-11(15)7-12(16)6-10/h5-7,13,17H,3-4,8-9H2,1-2H3. The van der Waals surface area contributed by atoms with Crippen LogP contribution in [0.1, 0.15) is 32.3 Å². The van der Waals surface area contributed by atoms with Gasteiger partial charge in [-0.05, 0) is 50.5 Å². The molecular weight excluding hydrogens is 253 g/mol. The molecule has 0 amide bonds. The number of nitrogens with one attached hydrogen (secondary N) is 1. The third kappa shape index (κ3) is 3.94. The Morgan fingerprint density at radius 1 is 1.44 bits per heavy atom. The molecule has 1 fully saturated rings. The van der Waals surface area contributed by atoms with Crippen molar-refractivity contribution in [3.05, 3.63) is 34.6 Å². The van der Waals surface area contributed by atoms with Gasteiger partial charge in [0.2, 0.25) is 0 Å². The van der Waals surface area contributed by atoms with E-state index in [0.29, 0.717) is 17.6 Å². The molecule has 1 aromatic rings. The van der Waals surface area contributed by atoms with Gasteiger partial charge in [-0.3, -0.25) is 0 Å². The lowest BCUT2D eigenvalue weighted by Gasteiger charge is -2.36. The minimum absolute atomic E-state index is 0.0739. The van der Waals surface area contributed by atoms with Gasteiger partial charge in [0.25, 0.3) is 0 Å². The Hall–Kier alpha value is -0.640. The van der Waals surface area contributed by atoms with Crippen molar-refractivity contribution in [1.29, 1.82) is 0 Å². The molecule has 18 heavy (non-hydrogen) atoms. The molecule has 1 N–H and O–H groups in total. The molecule has 1 heterocycles. The minimum Gasteiger partial charge on any atom is -0.375 e. The summed E-state index contributed by atoms with van der Waals surface area (Å²) in [5, 5.41) is 3.89. The number of ether oxygens (including phenoxy) is 1. The molecule has 1 aliphatic rings. The Labute approximate surface area is 112 Å². The predicted octanol–water partition coefficient (Wildman–Crippen LogP) is 3.53. The summed E-state index contributed by atoms with van der Waals surface area (Å²) < 4.78 is 18.8. The van der Waals surface area contributed by atoms with Crippen molar-refractivity contribution in [3.8, 4) is 0 Å². The normalized spacial score (nSPS) is 23.0. The third-order valence-electron chi connectivity index (χ3n) is 3.21. The van der Waals surface area contributed by atoms with Crippen molar-refractivity contribution in [2.75, 3.05) is 6.61 Å². The Morgan fingerprint density at radius 2 is 2.22 bits per heavy atom. The van der Waals surface area contributed by atoms with Gasteiger partial charge in [0.1, 0.15) is 5.82 Å². The molecule has 1 saturated heterocycles. The summed E-state index contributed by atoms with van der Waals surface area (Å²) >= 11 is 5.83. The van der Waals surface area contributed by atoms with E-state index in [1.54, 1.807) is 6.07 Å². The highest BCUT2D eigenvalue weighted by Crippen LogP contribution is 2.24. The summed E-state index contributed by atoms with van der Waals surface area (Å²) in [6, 6.07) is 5.05. The summed E-state index contributed by atoms with van der Waals surface area (Å²) in [6.07, 6.45) is 1.96. The zero-order chi connectivity index (χ0) is 13.2. The van der Waals surface area contributed by atoms with Crippen molar-refractivity contribution in [2.24, 2.45) is 0 Å². The van der Waals surface area contributed by atoms with Crippen LogP contribution in [0.25, 0.3) is 0 Å². The molecule has 0 aromatic heterocycles. The molecule has 0 bridgehead atoms. The fraction of sp³-hybridized carbons (Fsp3) is 0.571. The Bertz CT molecular complexity index is 402. The van der Waals surface area contributed by atoms with Gasteiger partial charge < -0.3 is 10.1 Å². The fourth-order valence-corrected chi connectivity index (χ4v) is 2.63. The second-order valence-electron chi connectivity index (χ2n) is 5.46. The van der Waals surface area contributed by atoms with Gasteiger partial charge >= 0.3 is 0 Å². The summed E-state index contributed by atoms with van der Waals surface area (Å²) in [5.74, 6) is -0.286. The lowest BCUT2D eigenvalue weighted by molar-refractivity contribution is -0.0630. The van der Waals surface area contributed by atoms with E-state index in [2.05, 4.69) is 19.2 Å². The first kappa shape index (κ1) is 13.8. The van der Waals surface area contributed by atoms with Gasteiger partial charge in [-0.15, -0.1) is 0 Å². The average Bonchev–Trinajstić information content (AvgIpc) is 2.24. The Balaban J connectivity index is 1.91. The molecule has 4 heteroatoms. The first-order valence-corrected chi connectivity index (χ1v) is 6.65. The fourth-order valence-electron chi connectivity index (χ4n) is 2.38. The molecule has 1 aromatic carbocycles. The van der Waals surface area contributed by atoms with Crippen LogP contribution >= 0.6 is 11.6 Å². The molecule has 0 spiro atoms. The SMILES string of the molecule is CC1(C)CC(NCc2cc(F)cc(Cl)c2)CCO1. The van der Waals surface area contributed by atoms with Crippen LogP contribution in [0.2, 0.25) is 5.02 Å². The highest BCUT2D eigenvalue weighted by atomic mass is 35.5. The van der Waals surface area contributed by atoms with Crippen LogP contribution in [-0.4, -0.2) is 18.2 Å². The van der Waals surface area contributed by atoms with E-state index in [9.17, 15) is 4.39 Å². The third-order valence-corrected chi connectivity index (χ3v) is 3.43. The monoisotopic (exact) mass is 271 g/mol. The van der Waals surface area contributed by atoms with Crippen LogP contribution in [0.5, 0.6) is 0 Å². The molecule has 2 nitrogen and oxygen atoms in total. The highest BCUT2D eigenvalue weighted by molar-refractivity contribution is 6.30. The second-order valence-corrected chi connectivity index (χ2v) is 5.89. The van der Waals surface area contributed by atoms with Gasteiger partial charge in [-0.25, -0.2) is 4.39 Å². The average molecular weight is 272 g/mol. The molecule has 0 radical (unpaired) electrons. The lowest BCUT2D eigenvalue weighted by atomic mass is 9.94. The Kier molecular flexibility index (Phi) is 4.25. The van der Waals surface area contributed by atoms with Crippen LogP contribution < -0.4 is 5.32 Å². The summed E-state index contributed by atoms with van der Waals surface area (Å²) in [4.78, 5) is 0. The Morgan fingerprint density at radius 3 is 2.89 bits per heavy atom. The maximum absolute atomic E-state index is 13.2. The predicted molar refractivity (Wildman–Crippen MR) is 71.3 cm³/mol. The van der Waals surface area contributed by atoms with E-state index in [-0.39, 0.29) is 11.4 Å². The van der Waals surface area contributed by atoms with Crippen LogP contribution in [0.4, 0.5) is 4.39 Å². The zero-order valence-electron chi connectivity index (χ0n) is 10.8. The number of rotatable bonds is 3. The first-order chi connectivity index (χ1) is 8.44. The van der Waals surface area contributed by atoms with Gasteiger partial charge in [-0.2, -0.15) is 0 Å². The quantitative estimate of drug-likeness (QED) is 0.908. The topological polar surface area (TPSA) is 21.3 Å². The smallest absolute Gasteiger partial charge is 0.125 e. The van der Waals surface area contributed by atoms with Crippen LogP contribution in [-0.2, 0) is 11.3 Å². The largest absolute Gasteiger partial charge is 0.375 e. The van der Waals surface area contributed by atoms with E-state index in [4.69, 9.17) is 16.3 Å². The van der Waals surface area contributed by atoms with E-state index in [0.717, 1.165) is 25.0 Å². The maximum Gasteiger partial charge on any atom is 0.125 e. The summed E-state index contributed by atoms with van der Waals surface area (Å²) in [7, 11) is 0. The minimum atomic E-state index is -0.286. The molecule has 0 saturated carbocycles. The molecule has 1 unspecified atom stereocenters. The van der Waals surface area contributed by atoms with E-state index in [1.807, 2.05) is 0 Å². The van der Waals surface area contributed by atoms with Crippen LogP contribution in [0.3, 0.4) is 0 Å². The first-order valence-electron chi connectivity index (χ1n) is 6.27. The molecule has 0 aliphatic carbocycles. The lowest BCUT2D eigenvalue weighted by Crippen LogP contribution is -2.43. The molecule has 2 rings (SSSR count). The summed E-state index contributed by atoms with van der Waals surface area (Å²) in [6.45, 7) is 5.60. The molecular formula is C14H19ClFNO. The van der Waals surface area contributed by atoms with Crippen molar-refractivity contribution in [1.82, 2.24) is 5.32 Å². The van der Waals surface area contributed by atoms with Gasteiger partial charge in [0.05, 0.1) is 5.60 Å². The molecule has 1 atom stereocenters. The van der Waals surface area contributed by atoms with Gasteiger partial charge in [0, 0.05) is 24.2 Å². The number of hydrogen-bond donors (Lipinski definition) is 1. The molecule has 100 valence electrons. The number of halogens is 2. The van der Waals surface area contributed by atoms with E-state index >= 15 is 0 Å². The van der Waals surface area contributed by atoms with Crippen molar-refractivity contribution < 1.29 is 9.13 Å². The van der Waals surface area contributed by atoms with Crippen molar-refractivity contribution >= 4 is 11.6 Å². The van der Waals surface area contributed by atoms with Gasteiger partial charge in [0.15, 0.2) is 0 Å². The van der Waals surface area contributed by atoms with Crippen LogP contribution in [0, 0.1) is 5.82 Å². The van der Waals surface area contributed by atoms with E-state index in [1.165, 1.54) is 12.1 Å². The maximum atomic E-state index is 13.2. The number of benzene rings is 1. The van der Waals surface area contributed by atoms with Crippen LogP contribution in [0.15, 0.2) is 18.2 Å².